The van der Waals surface area contributed by atoms with E-state index in [-0.39, 0.29) is 29.3 Å². The monoisotopic (exact) mass is 383 g/mol. The molecule has 1 aromatic heterocycles. The van der Waals surface area contributed by atoms with Crippen molar-refractivity contribution in [2.24, 2.45) is 0 Å². The lowest BCUT2D eigenvalue weighted by atomic mass is 10.2. The first-order chi connectivity index (χ1) is 11.4. The Morgan fingerprint density at radius 3 is 2.52 bits per heavy atom. The van der Waals surface area contributed by atoms with E-state index in [0.717, 1.165) is 22.6 Å². The van der Waals surface area contributed by atoms with Crippen LogP contribution >= 0.6 is 12.4 Å². The van der Waals surface area contributed by atoms with Crippen LogP contribution in [0.15, 0.2) is 47.6 Å². The highest BCUT2D eigenvalue weighted by molar-refractivity contribution is 7.90. The first-order valence-corrected chi connectivity index (χ1v) is 9.35. The molecule has 8 heteroatoms. The summed E-state index contributed by atoms with van der Waals surface area (Å²) in [5.41, 5.74) is 1.38. The number of carbonyl (C=O) groups excluding carboxylic acids is 1. The van der Waals surface area contributed by atoms with Gasteiger partial charge in [-0.1, -0.05) is 17.7 Å². The van der Waals surface area contributed by atoms with Gasteiger partial charge in [-0.05, 0) is 32.0 Å². The molecule has 6 nitrogen and oxygen atoms in total. The minimum atomic E-state index is -3.68. The van der Waals surface area contributed by atoms with Gasteiger partial charge in [-0.2, -0.15) is 0 Å². The van der Waals surface area contributed by atoms with E-state index in [2.05, 4.69) is 5.32 Å². The third-order valence-corrected chi connectivity index (χ3v) is 5.92. The molecule has 1 saturated heterocycles. The average Bonchev–Trinajstić information content (AvgIpc) is 3.06. The summed E-state index contributed by atoms with van der Waals surface area (Å²) in [6.07, 6.45) is 2.82. The summed E-state index contributed by atoms with van der Waals surface area (Å²) < 4.78 is 26.4. The Balaban J connectivity index is 0.00000225. The van der Waals surface area contributed by atoms with Gasteiger partial charge in [0.05, 0.1) is 10.5 Å². The van der Waals surface area contributed by atoms with Crippen molar-refractivity contribution >= 4 is 28.3 Å². The third-order valence-electron chi connectivity index (χ3n) is 4.27. The lowest BCUT2D eigenvalue weighted by molar-refractivity contribution is 0.0656. The molecule has 3 rings (SSSR count). The van der Waals surface area contributed by atoms with Crippen LogP contribution in [0.1, 0.15) is 22.8 Å². The fourth-order valence-corrected chi connectivity index (χ4v) is 3.99. The van der Waals surface area contributed by atoms with Crippen molar-refractivity contribution in [2.45, 2.75) is 24.8 Å². The molecular formula is C17H22ClN3O3S. The van der Waals surface area contributed by atoms with Crippen LogP contribution < -0.4 is 5.32 Å². The lowest BCUT2D eigenvalue weighted by Crippen LogP contribution is -2.52. The summed E-state index contributed by atoms with van der Waals surface area (Å²) in [4.78, 5) is 14.6. The smallest absolute Gasteiger partial charge is 0.267 e. The largest absolute Gasteiger partial charge is 0.333 e. The van der Waals surface area contributed by atoms with E-state index in [1.807, 2.05) is 13.8 Å². The molecule has 0 radical (unpaired) electrons. The second-order valence-electron chi connectivity index (χ2n) is 6.10. The number of amides is 1. The zero-order chi connectivity index (χ0) is 17.3. The first kappa shape index (κ1) is 19.5. The van der Waals surface area contributed by atoms with E-state index in [9.17, 15) is 13.2 Å². The Labute approximate surface area is 154 Å². The number of aryl methyl sites for hydroxylation is 1. The number of rotatable bonds is 3. The SMILES string of the molecule is Cc1ccc(S(=O)(=O)n2ccc(C(=O)N3CCNC[C@H]3C)c2)cc1.Cl. The second kappa shape index (κ2) is 7.59. The number of carbonyl (C=O) groups is 1. The van der Waals surface area contributed by atoms with Gasteiger partial charge in [-0.3, -0.25) is 4.79 Å². The third kappa shape index (κ3) is 3.89. The van der Waals surface area contributed by atoms with Crippen molar-refractivity contribution in [1.29, 1.82) is 0 Å². The van der Waals surface area contributed by atoms with Gasteiger partial charge in [0.15, 0.2) is 0 Å². The topological polar surface area (TPSA) is 71.4 Å². The molecule has 2 heterocycles. The van der Waals surface area contributed by atoms with Crippen LogP contribution in [-0.2, 0) is 10.0 Å². The Bertz CT molecular complexity index is 846. The number of nitrogens with zero attached hydrogens (tertiary/aromatic N) is 2. The van der Waals surface area contributed by atoms with Crippen LogP contribution in [-0.4, -0.2) is 48.9 Å². The molecule has 0 spiro atoms. The van der Waals surface area contributed by atoms with Crippen LogP contribution in [0.4, 0.5) is 0 Å². The van der Waals surface area contributed by atoms with Crippen LogP contribution in [0.25, 0.3) is 0 Å². The Kier molecular flexibility index (Phi) is 5.92. The second-order valence-corrected chi connectivity index (χ2v) is 7.94. The zero-order valence-corrected chi connectivity index (χ0v) is 15.8. The normalized spacial score (nSPS) is 17.8. The first-order valence-electron chi connectivity index (χ1n) is 7.91. The number of aromatic nitrogens is 1. The minimum Gasteiger partial charge on any atom is -0.333 e. The maximum absolute atomic E-state index is 12.6. The molecule has 1 aromatic carbocycles. The molecule has 1 amide bonds. The van der Waals surface area contributed by atoms with Crippen LogP contribution in [0.3, 0.4) is 0 Å². The number of halogens is 1. The van der Waals surface area contributed by atoms with Gasteiger partial charge in [0, 0.05) is 38.1 Å². The standard InChI is InChI=1S/C17H21N3O3S.ClH/c1-13-3-5-16(6-4-13)24(22,23)19-9-7-15(12-19)17(21)20-10-8-18-11-14(20)2;/h3-7,9,12,14,18H,8,10-11H2,1-2H3;1H/t14-;/m1./s1. The highest BCUT2D eigenvalue weighted by Gasteiger charge is 2.26. The van der Waals surface area contributed by atoms with E-state index in [1.54, 1.807) is 35.2 Å². The van der Waals surface area contributed by atoms with Crippen molar-refractivity contribution in [1.82, 2.24) is 14.2 Å². The van der Waals surface area contributed by atoms with Crippen molar-refractivity contribution in [2.75, 3.05) is 19.6 Å². The highest BCUT2D eigenvalue weighted by Crippen LogP contribution is 2.17. The van der Waals surface area contributed by atoms with Gasteiger partial charge in [-0.25, -0.2) is 12.4 Å². The summed E-state index contributed by atoms with van der Waals surface area (Å²) >= 11 is 0. The van der Waals surface area contributed by atoms with Crippen LogP contribution in [0.2, 0.25) is 0 Å². The molecule has 1 atom stereocenters. The molecule has 0 bridgehead atoms. The van der Waals surface area contributed by atoms with Crippen LogP contribution in [0.5, 0.6) is 0 Å². The molecule has 1 aliphatic heterocycles. The maximum Gasteiger partial charge on any atom is 0.267 e. The van der Waals surface area contributed by atoms with Gasteiger partial charge < -0.3 is 10.2 Å². The number of hydrogen-bond donors (Lipinski definition) is 1. The molecule has 0 saturated carbocycles. The number of hydrogen-bond acceptors (Lipinski definition) is 4. The lowest BCUT2D eigenvalue weighted by Gasteiger charge is -2.33. The Morgan fingerprint density at radius 2 is 1.88 bits per heavy atom. The van der Waals surface area contributed by atoms with Gasteiger partial charge in [0.1, 0.15) is 0 Å². The average molecular weight is 384 g/mol. The fourth-order valence-electron chi connectivity index (χ4n) is 2.79. The van der Waals surface area contributed by atoms with E-state index in [1.165, 1.54) is 12.4 Å². The molecule has 0 aliphatic carbocycles. The molecule has 0 unspecified atom stereocenters. The summed E-state index contributed by atoms with van der Waals surface area (Å²) in [6.45, 7) is 5.99. The van der Waals surface area contributed by atoms with E-state index < -0.39 is 10.0 Å². The predicted octanol–water partition coefficient (Wildman–Crippen LogP) is 1.89. The minimum absolute atomic E-state index is 0. The fraction of sp³-hybridized carbons (Fsp3) is 0.353. The van der Waals surface area contributed by atoms with E-state index >= 15 is 0 Å². The molecule has 2 aromatic rings. The van der Waals surface area contributed by atoms with E-state index in [4.69, 9.17) is 0 Å². The molecule has 1 fully saturated rings. The maximum atomic E-state index is 12.6. The van der Waals surface area contributed by atoms with Gasteiger partial charge in [0.2, 0.25) is 0 Å². The van der Waals surface area contributed by atoms with Crippen molar-refractivity contribution < 1.29 is 13.2 Å². The van der Waals surface area contributed by atoms with Crippen molar-refractivity contribution in [3.05, 3.63) is 53.9 Å². The van der Waals surface area contributed by atoms with Gasteiger partial charge in [0.25, 0.3) is 15.9 Å². The van der Waals surface area contributed by atoms with Crippen molar-refractivity contribution in [3.63, 3.8) is 0 Å². The molecule has 25 heavy (non-hydrogen) atoms. The number of piperazine rings is 1. The summed E-state index contributed by atoms with van der Waals surface area (Å²) in [7, 11) is -3.68. The Morgan fingerprint density at radius 1 is 1.20 bits per heavy atom. The molecule has 136 valence electrons. The van der Waals surface area contributed by atoms with Gasteiger partial charge >= 0.3 is 0 Å². The molecule has 1 aliphatic rings. The molecular weight excluding hydrogens is 362 g/mol. The number of nitrogens with one attached hydrogen (secondary N) is 1. The highest BCUT2D eigenvalue weighted by atomic mass is 35.5. The van der Waals surface area contributed by atoms with Crippen LogP contribution in [0, 0.1) is 6.92 Å². The molecule has 1 N–H and O–H groups in total. The summed E-state index contributed by atoms with van der Waals surface area (Å²) in [5.74, 6) is -0.137. The zero-order valence-electron chi connectivity index (χ0n) is 14.2. The Hall–Kier alpha value is -1.83. The van der Waals surface area contributed by atoms with Crippen molar-refractivity contribution in [3.8, 4) is 0 Å². The van der Waals surface area contributed by atoms with E-state index in [0.29, 0.717) is 12.1 Å². The summed E-state index contributed by atoms with van der Waals surface area (Å²) in [6, 6.07) is 8.30. The van der Waals surface area contributed by atoms with Gasteiger partial charge in [-0.15, -0.1) is 12.4 Å². The predicted molar refractivity (Wildman–Crippen MR) is 98.8 cm³/mol. The summed E-state index contributed by atoms with van der Waals surface area (Å²) in [5, 5.41) is 3.23. The quantitative estimate of drug-likeness (QED) is 0.878. The number of benzene rings is 1.